The van der Waals surface area contributed by atoms with Crippen molar-refractivity contribution in [3.05, 3.63) is 51.9 Å². The number of aromatic nitrogens is 4. The first-order valence-corrected chi connectivity index (χ1v) is 11.7. The van der Waals surface area contributed by atoms with E-state index in [1.165, 1.54) is 11.1 Å². The molecular formula is C24H18ClFN6O3. The van der Waals surface area contributed by atoms with Crippen molar-refractivity contribution in [3.63, 3.8) is 0 Å². The van der Waals surface area contributed by atoms with Crippen LogP contribution in [0.3, 0.4) is 0 Å². The normalized spacial score (nSPS) is 18.1. The van der Waals surface area contributed by atoms with Gasteiger partial charge in [0.2, 0.25) is 11.2 Å². The summed E-state index contributed by atoms with van der Waals surface area (Å²) < 4.78 is 21.8. The molecule has 11 heteroatoms. The Bertz CT molecular complexity index is 1630. The maximum atomic E-state index is 16.0. The third-order valence-electron chi connectivity index (χ3n) is 7.29. The lowest BCUT2D eigenvalue weighted by Crippen LogP contribution is -2.38. The van der Waals surface area contributed by atoms with Crippen LogP contribution >= 0.6 is 11.6 Å². The minimum absolute atomic E-state index is 0.0996. The number of ether oxygens (including phenoxy) is 1. The van der Waals surface area contributed by atoms with Crippen LogP contribution in [0, 0.1) is 5.82 Å². The topological polar surface area (TPSA) is 113 Å². The van der Waals surface area contributed by atoms with E-state index in [0.717, 1.165) is 18.5 Å². The number of nitrogens with one attached hydrogen (secondary N) is 2. The number of benzene rings is 1. The predicted octanol–water partition coefficient (Wildman–Crippen LogP) is 3.49. The van der Waals surface area contributed by atoms with Crippen molar-refractivity contribution in [2.24, 2.45) is 0 Å². The van der Waals surface area contributed by atoms with Gasteiger partial charge in [0.25, 0.3) is 17.7 Å². The van der Waals surface area contributed by atoms with E-state index in [1.54, 1.807) is 13.1 Å². The molecule has 0 unspecified atom stereocenters. The number of carbonyl (C=O) groups excluding carboxylic acids is 2. The lowest BCUT2D eigenvalue weighted by molar-refractivity contribution is 0.0774. The molecule has 0 radical (unpaired) electrons. The number of aromatic amines is 1. The summed E-state index contributed by atoms with van der Waals surface area (Å²) in [6.45, 7) is 1.05. The summed E-state index contributed by atoms with van der Waals surface area (Å²) in [6.07, 6.45) is 3.89. The molecule has 1 aromatic carbocycles. The summed E-state index contributed by atoms with van der Waals surface area (Å²) in [5.41, 5.74) is 2.41. The molecule has 0 saturated heterocycles. The van der Waals surface area contributed by atoms with Crippen molar-refractivity contribution < 1.29 is 18.7 Å². The summed E-state index contributed by atoms with van der Waals surface area (Å²) in [5, 5.41) is 4.31. The molecule has 1 spiro atoms. The van der Waals surface area contributed by atoms with Gasteiger partial charge >= 0.3 is 0 Å². The Morgan fingerprint density at radius 1 is 1.17 bits per heavy atom. The fourth-order valence-corrected chi connectivity index (χ4v) is 5.39. The maximum Gasteiger partial charge on any atom is 0.260 e. The van der Waals surface area contributed by atoms with Gasteiger partial charge in [0, 0.05) is 60.0 Å². The zero-order valence-corrected chi connectivity index (χ0v) is 19.3. The third kappa shape index (κ3) is 2.83. The van der Waals surface area contributed by atoms with E-state index in [1.807, 2.05) is 6.07 Å². The van der Waals surface area contributed by atoms with Crippen LogP contribution in [0.1, 0.15) is 44.9 Å². The molecule has 2 N–H and O–H groups in total. The highest BCUT2D eigenvalue weighted by atomic mass is 35.5. The summed E-state index contributed by atoms with van der Waals surface area (Å²) in [4.78, 5) is 42.7. The summed E-state index contributed by atoms with van der Waals surface area (Å²) >= 11 is 6.07. The quantitative estimate of drug-likeness (QED) is 0.414. The Labute approximate surface area is 202 Å². The van der Waals surface area contributed by atoms with Crippen LogP contribution < -0.4 is 10.1 Å². The number of fused-ring (bicyclic) bond motifs is 7. The number of halogens is 2. The standard InChI is InChI=1S/C24H18ClFN6O3/c1-32-7-4-12-15(22(32)34)20(31-23(25)29-12)35-21-16(26)13-10(8-27-21)2-3-11-14-18(30-17(11)13)24(5-6-24)9-28-19(14)33/h2-3,8,30H,4-7,9H2,1H3,(H,28,33). The second-order valence-electron chi connectivity index (χ2n) is 9.37. The summed E-state index contributed by atoms with van der Waals surface area (Å²) in [5.74, 6) is -1.71. The van der Waals surface area contributed by atoms with Crippen LogP contribution in [0.15, 0.2) is 18.3 Å². The number of rotatable bonds is 2. The van der Waals surface area contributed by atoms with Crippen LogP contribution in [-0.4, -0.2) is 56.8 Å². The molecule has 2 aliphatic heterocycles. The first-order valence-electron chi connectivity index (χ1n) is 11.3. The van der Waals surface area contributed by atoms with Crippen molar-refractivity contribution in [3.8, 4) is 11.8 Å². The van der Waals surface area contributed by atoms with Gasteiger partial charge in [0.1, 0.15) is 5.56 Å². The van der Waals surface area contributed by atoms with Crippen molar-refractivity contribution in [1.82, 2.24) is 30.2 Å². The van der Waals surface area contributed by atoms with E-state index < -0.39 is 5.82 Å². The molecule has 0 atom stereocenters. The molecule has 3 aromatic heterocycles. The Balaban J connectivity index is 1.42. The predicted molar refractivity (Wildman–Crippen MR) is 125 cm³/mol. The van der Waals surface area contributed by atoms with Crippen LogP contribution in [0.5, 0.6) is 11.8 Å². The third-order valence-corrected chi connectivity index (χ3v) is 7.46. The average Bonchev–Trinajstić information content (AvgIpc) is 3.50. The lowest BCUT2D eigenvalue weighted by atomic mass is 9.93. The van der Waals surface area contributed by atoms with Crippen LogP contribution in [0.2, 0.25) is 5.28 Å². The van der Waals surface area contributed by atoms with Crippen LogP contribution in [0.4, 0.5) is 4.39 Å². The first kappa shape index (κ1) is 20.6. The largest absolute Gasteiger partial charge is 0.417 e. The highest BCUT2D eigenvalue weighted by Gasteiger charge is 2.51. The molecule has 3 aliphatic rings. The first-order chi connectivity index (χ1) is 16.9. The molecule has 1 fully saturated rings. The number of nitrogens with zero attached hydrogens (tertiary/aromatic N) is 4. The molecule has 1 saturated carbocycles. The maximum absolute atomic E-state index is 16.0. The fourth-order valence-electron chi connectivity index (χ4n) is 5.21. The van der Waals surface area contributed by atoms with Crippen LogP contribution in [0.25, 0.3) is 21.7 Å². The molecule has 4 aromatic rings. The van der Waals surface area contributed by atoms with Gasteiger partial charge in [-0.25, -0.2) is 14.4 Å². The SMILES string of the molecule is CN1CCc2nc(Cl)nc(Oc3ncc4ccc5c6c([nH]c5c4c3F)C3(CC3)CNC6=O)c2C1=O. The van der Waals surface area contributed by atoms with Gasteiger partial charge in [-0.15, -0.1) is 0 Å². The highest BCUT2D eigenvalue weighted by Crippen LogP contribution is 2.52. The average molecular weight is 493 g/mol. The molecular weight excluding hydrogens is 475 g/mol. The Kier molecular flexibility index (Phi) is 4.04. The molecule has 0 bridgehead atoms. The van der Waals surface area contributed by atoms with Crippen molar-refractivity contribution >= 4 is 45.1 Å². The summed E-state index contributed by atoms with van der Waals surface area (Å²) in [6, 6.07) is 3.54. The number of hydrogen-bond donors (Lipinski definition) is 2. The number of likely N-dealkylation sites (N-methyl/N-ethyl adjacent to an activating group) is 1. The molecule has 9 nitrogen and oxygen atoms in total. The van der Waals surface area contributed by atoms with Gasteiger partial charge in [0.15, 0.2) is 5.82 Å². The monoisotopic (exact) mass is 492 g/mol. The minimum Gasteiger partial charge on any atom is -0.417 e. The number of amides is 2. The van der Waals surface area contributed by atoms with E-state index in [9.17, 15) is 9.59 Å². The molecule has 176 valence electrons. The number of H-pyrrole nitrogens is 1. The second-order valence-corrected chi connectivity index (χ2v) is 9.70. The number of carbonyl (C=O) groups is 2. The molecule has 2 amide bonds. The van der Waals surface area contributed by atoms with Gasteiger partial charge in [-0.2, -0.15) is 4.98 Å². The summed E-state index contributed by atoms with van der Waals surface area (Å²) in [7, 11) is 1.66. The molecule has 35 heavy (non-hydrogen) atoms. The Morgan fingerprint density at radius 2 is 2.00 bits per heavy atom. The zero-order valence-electron chi connectivity index (χ0n) is 18.5. The molecule has 1 aliphatic carbocycles. The molecule has 7 rings (SSSR count). The van der Waals surface area contributed by atoms with Crippen LogP contribution in [-0.2, 0) is 11.8 Å². The van der Waals surface area contributed by atoms with Crippen molar-refractivity contribution in [1.29, 1.82) is 0 Å². The highest BCUT2D eigenvalue weighted by molar-refractivity contribution is 6.28. The van der Waals surface area contributed by atoms with E-state index in [2.05, 4.69) is 25.3 Å². The van der Waals surface area contributed by atoms with E-state index in [0.29, 0.717) is 47.1 Å². The Morgan fingerprint density at radius 3 is 2.80 bits per heavy atom. The number of hydrogen-bond acceptors (Lipinski definition) is 6. The molecule has 5 heterocycles. The van der Waals surface area contributed by atoms with E-state index >= 15 is 4.39 Å². The van der Waals surface area contributed by atoms with Gasteiger partial charge in [0.05, 0.1) is 16.8 Å². The zero-order chi connectivity index (χ0) is 24.1. The second kappa shape index (κ2) is 6.88. The van der Waals surface area contributed by atoms with E-state index in [4.69, 9.17) is 16.3 Å². The van der Waals surface area contributed by atoms with Gasteiger partial charge in [-0.05, 0) is 24.4 Å². The van der Waals surface area contributed by atoms with E-state index in [-0.39, 0.29) is 45.2 Å². The smallest absolute Gasteiger partial charge is 0.260 e. The van der Waals surface area contributed by atoms with Crippen molar-refractivity contribution in [2.45, 2.75) is 24.7 Å². The van der Waals surface area contributed by atoms with Gasteiger partial charge < -0.3 is 19.9 Å². The van der Waals surface area contributed by atoms with Gasteiger partial charge in [-0.1, -0.05) is 12.1 Å². The minimum atomic E-state index is -0.725. The Hall–Kier alpha value is -3.79. The van der Waals surface area contributed by atoms with Gasteiger partial charge in [-0.3, -0.25) is 9.59 Å². The van der Waals surface area contributed by atoms with Crippen molar-refractivity contribution in [2.75, 3.05) is 20.1 Å². The number of pyridine rings is 1. The fraction of sp³-hybridized carbons (Fsp3) is 0.292. The lowest BCUT2D eigenvalue weighted by Gasteiger charge is -2.25.